The van der Waals surface area contributed by atoms with Gasteiger partial charge in [0.15, 0.2) is 12.4 Å². The van der Waals surface area contributed by atoms with Crippen molar-refractivity contribution in [2.75, 3.05) is 13.7 Å². The van der Waals surface area contributed by atoms with Crippen molar-refractivity contribution in [1.29, 1.82) is 5.41 Å². The highest BCUT2D eigenvalue weighted by molar-refractivity contribution is 6.05. The van der Waals surface area contributed by atoms with Crippen molar-refractivity contribution in [1.82, 2.24) is 5.32 Å². The molecule has 0 saturated heterocycles. The van der Waals surface area contributed by atoms with Crippen molar-refractivity contribution >= 4 is 23.5 Å². The fourth-order valence-electron chi connectivity index (χ4n) is 3.22. The Bertz CT molecular complexity index is 1160. The van der Waals surface area contributed by atoms with E-state index in [4.69, 9.17) is 15.9 Å². The summed E-state index contributed by atoms with van der Waals surface area (Å²) in [6.45, 7) is -0.237. The summed E-state index contributed by atoms with van der Waals surface area (Å²) < 4.78 is 9.86. The average molecular weight is 460 g/mol. The Kier molecular flexibility index (Phi) is 8.12. The Labute approximate surface area is 197 Å². The number of nitrogen functional groups attached to an aromatic ring is 1. The third-order valence-corrected chi connectivity index (χ3v) is 5.09. The van der Waals surface area contributed by atoms with E-state index in [1.165, 1.54) is 7.11 Å². The Hall–Kier alpha value is -4.46. The number of Topliss-reactive ketones (excluding diaryl/α,β-unsaturated/α-hetero) is 1. The number of carbonyl (C=O) groups excluding carboxylic acids is 3. The van der Waals surface area contributed by atoms with Gasteiger partial charge in [0, 0.05) is 23.1 Å². The van der Waals surface area contributed by atoms with Gasteiger partial charge in [0.1, 0.15) is 11.6 Å². The van der Waals surface area contributed by atoms with Gasteiger partial charge in [-0.05, 0) is 42.0 Å². The third-order valence-electron chi connectivity index (χ3n) is 5.09. The number of hydrogen-bond acceptors (Lipinski definition) is 6. The van der Waals surface area contributed by atoms with Crippen LogP contribution in [0, 0.1) is 5.41 Å². The second kappa shape index (κ2) is 11.4. The van der Waals surface area contributed by atoms with Gasteiger partial charge in [-0.1, -0.05) is 42.5 Å². The summed E-state index contributed by atoms with van der Waals surface area (Å²) >= 11 is 0. The summed E-state index contributed by atoms with van der Waals surface area (Å²) in [6.07, 6.45) is 0.303. The van der Waals surface area contributed by atoms with Gasteiger partial charge in [0.2, 0.25) is 0 Å². The molecular formula is C26H25N3O5. The molecule has 0 radical (unpaired) electrons. The first-order chi connectivity index (χ1) is 16.4. The van der Waals surface area contributed by atoms with Crippen LogP contribution in [0.3, 0.4) is 0 Å². The van der Waals surface area contributed by atoms with E-state index in [9.17, 15) is 14.4 Å². The maximum absolute atomic E-state index is 13.3. The highest BCUT2D eigenvalue weighted by atomic mass is 16.6. The molecule has 3 rings (SSSR count). The van der Waals surface area contributed by atoms with Crippen LogP contribution in [-0.2, 0) is 16.0 Å². The van der Waals surface area contributed by atoms with Crippen LogP contribution < -0.4 is 15.8 Å². The van der Waals surface area contributed by atoms with Crippen molar-refractivity contribution in [3.8, 4) is 5.75 Å². The van der Waals surface area contributed by atoms with E-state index in [1.807, 2.05) is 30.3 Å². The largest absolute Gasteiger partial charge is 0.482 e. The van der Waals surface area contributed by atoms with Gasteiger partial charge in [0.25, 0.3) is 5.91 Å². The summed E-state index contributed by atoms with van der Waals surface area (Å²) in [5.74, 6) is -0.874. The van der Waals surface area contributed by atoms with E-state index in [0.29, 0.717) is 28.9 Å². The van der Waals surface area contributed by atoms with Gasteiger partial charge in [-0.2, -0.15) is 0 Å². The standard InChI is InChI=1S/C26H25N3O5/c1-33-23(30)16-34-21-13-11-18(12-14-21)24(31)22(15-17-5-3-2-4-6-17)29-26(32)20-9-7-19(8-10-20)25(27)28/h2-14,22H,15-16H2,1H3,(H3,27,28)(H,29,32). The molecule has 1 unspecified atom stereocenters. The molecule has 0 aliphatic carbocycles. The number of amides is 1. The lowest BCUT2D eigenvalue weighted by molar-refractivity contribution is -0.142. The second-order valence-electron chi connectivity index (χ2n) is 7.46. The molecule has 0 bridgehead atoms. The Morgan fingerprint density at radius 1 is 0.882 bits per heavy atom. The van der Waals surface area contributed by atoms with Crippen molar-refractivity contribution in [3.63, 3.8) is 0 Å². The summed E-state index contributed by atoms with van der Waals surface area (Å²) in [5, 5.41) is 10.3. The van der Waals surface area contributed by atoms with E-state index in [0.717, 1.165) is 5.56 Å². The number of carbonyl (C=O) groups is 3. The number of amidine groups is 1. The van der Waals surface area contributed by atoms with Gasteiger partial charge in [-0.3, -0.25) is 15.0 Å². The molecule has 3 aromatic carbocycles. The van der Waals surface area contributed by atoms with E-state index in [2.05, 4.69) is 10.1 Å². The molecule has 174 valence electrons. The molecule has 4 N–H and O–H groups in total. The first kappa shape index (κ1) is 24.2. The predicted molar refractivity (Wildman–Crippen MR) is 127 cm³/mol. The number of hydrogen-bond donors (Lipinski definition) is 3. The number of esters is 1. The second-order valence-corrected chi connectivity index (χ2v) is 7.46. The van der Waals surface area contributed by atoms with Crippen LogP contribution in [-0.4, -0.2) is 43.3 Å². The first-order valence-corrected chi connectivity index (χ1v) is 10.5. The number of methoxy groups -OCH3 is 1. The summed E-state index contributed by atoms with van der Waals surface area (Å²) in [4.78, 5) is 37.4. The summed E-state index contributed by atoms with van der Waals surface area (Å²) in [6, 6.07) is 21.2. The fraction of sp³-hybridized carbons (Fsp3) is 0.154. The molecule has 1 amide bonds. The van der Waals surface area contributed by atoms with Crippen molar-refractivity contribution in [2.45, 2.75) is 12.5 Å². The molecule has 0 aromatic heterocycles. The van der Waals surface area contributed by atoms with Crippen LogP contribution in [0.2, 0.25) is 0 Å². The lowest BCUT2D eigenvalue weighted by Crippen LogP contribution is -2.42. The summed E-state index contributed by atoms with van der Waals surface area (Å²) in [7, 11) is 1.27. The molecule has 1 atom stereocenters. The molecule has 34 heavy (non-hydrogen) atoms. The summed E-state index contributed by atoms with van der Waals surface area (Å²) in [5.41, 5.74) is 7.60. The fourth-order valence-corrected chi connectivity index (χ4v) is 3.22. The smallest absolute Gasteiger partial charge is 0.343 e. The predicted octanol–water partition coefficient (Wildman–Crippen LogP) is 2.75. The van der Waals surface area contributed by atoms with Gasteiger partial charge >= 0.3 is 5.97 Å². The van der Waals surface area contributed by atoms with Crippen molar-refractivity contribution in [3.05, 3.63) is 101 Å². The molecule has 0 saturated carbocycles. The number of nitrogens with one attached hydrogen (secondary N) is 2. The molecule has 0 aliphatic rings. The van der Waals surface area contributed by atoms with Crippen LogP contribution in [0.15, 0.2) is 78.9 Å². The SMILES string of the molecule is COC(=O)COc1ccc(C(=O)C(Cc2ccccc2)NC(=O)c2ccc(C(=N)N)cc2)cc1. The zero-order chi connectivity index (χ0) is 24.5. The van der Waals surface area contributed by atoms with Crippen molar-refractivity contribution in [2.24, 2.45) is 5.73 Å². The Morgan fingerprint density at radius 2 is 1.47 bits per heavy atom. The maximum Gasteiger partial charge on any atom is 0.343 e. The van der Waals surface area contributed by atoms with E-state index >= 15 is 0 Å². The molecule has 0 fully saturated rings. The normalized spacial score (nSPS) is 11.2. The first-order valence-electron chi connectivity index (χ1n) is 10.5. The average Bonchev–Trinajstić information content (AvgIpc) is 2.87. The zero-order valence-electron chi connectivity index (χ0n) is 18.6. The lowest BCUT2D eigenvalue weighted by atomic mass is 9.97. The van der Waals surface area contributed by atoms with Crippen LogP contribution in [0.1, 0.15) is 31.8 Å². The van der Waals surface area contributed by atoms with Gasteiger partial charge < -0.3 is 20.5 Å². The minimum Gasteiger partial charge on any atom is -0.482 e. The number of benzene rings is 3. The van der Waals surface area contributed by atoms with E-state index in [1.54, 1.807) is 48.5 Å². The highest BCUT2D eigenvalue weighted by Gasteiger charge is 2.23. The topological polar surface area (TPSA) is 132 Å². The Morgan fingerprint density at radius 3 is 2.06 bits per heavy atom. The molecule has 8 heteroatoms. The van der Waals surface area contributed by atoms with Crippen LogP contribution >= 0.6 is 0 Å². The van der Waals surface area contributed by atoms with Gasteiger partial charge in [0.05, 0.1) is 13.2 Å². The minimum atomic E-state index is -0.816. The van der Waals surface area contributed by atoms with Crippen LogP contribution in [0.5, 0.6) is 5.75 Å². The zero-order valence-corrected chi connectivity index (χ0v) is 18.6. The number of ketones is 1. The molecule has 0 aliphatic heterocycles. The van der Waals surface area contributed by atoms with Gasteiger partial charge in [-0.25, -0.2) is 4.79 Å². The minimum absolute atomic E-state index is 0.0943. The molecule has 8 nitrogen and oxygen atoms in total. The third kappa shape index (κ3) is 6.52. The number of rotatable bonds is 10. The lowest BCUT2D eigenvalue weighted by Gasteiger charge is -2.18. The van der Waals surface area contributed by atoms with Crippen molar-refractivity contribution < 1.29 is 23.9 Å². The molecule has 0 spiro atoms. The molecule has 3 aromatic rings. The number of nitrogens with two attached hydrogens (primary N) is 1. The van der Waals surface area contributed by atoms with Crippen LogP contribution in [0.25, 0.3) is 0 Å². The van der Waals surface area contributed by atoms with E-state index < -0.39 is 17.9 Å². The quantitative estimate of drug-likeness (QED) is 0.185. The Balaban J connectivity index is 1.78. The number of ether oxygens (including phenoxy) is 2. The van der Waals surface area contributed by atoms with Gasteiger partial charge in [-0.15, -0.1) is 0 Å². The molecular weight excluding hydrogens is 434 g/mol. The van der Waals surface area contributed by atoms with Crippen LogP contribution in [0.4, 0.5) is 0 Å². The van der Waals surface area contributed by atoms with E-state index in [-0.39, 0.29) is 18.2 Å². The highest BCUT2D eigenvalue weighted by Crippen LogP contribution is 2.16. The maximum atomic E-state index is 13.3. The molecule has 0 heterocycles. The monoisotopic (exact) mass is 459 g/mol.